The van der Waals surface area contributed by atoms with Gasteiger partial charge in [0.15, 0.2) is 0 Å². The summed E-state index contributed by atoms with van der Waals surface area (Å²) < 4.78 is 1.74. The van der Waals surface area contributed by atoms with Crippen molar-refractivity contribution in [3.8, 4) is 0 Å². The van der Waals surface area contributed by atoms with Gasteiger partial charge in [-0.25, -0.2) is 0 Å². The fraction of sp³-hybridized carbons (Fsp3) is 0.750. The van der Waals surface area contributed by atoms with Crippen LogP contribution < -0.4 is 5.32 Å². The van der Waals surface area contributed by atoms with Crippen LogP contribution in [0, 0.1) is 30.6 Å². The summed E-state index contributed by atoms with van der Waals surface area (Å²) in [5.41, 5.74) is 1.71. The summed E-state index contributed by atoms with van der Waals surface area (Å²) in [6, 6.07) is 0. The van der Waals surface area contributed by atoms with Crippen LogP contribution in [0.1, 0.15) is 25.0 Å². The molecule has 2 bridgehead atoms. The zero-order chi connectivity index (χ0) is 14.6. The Morgan fingerprint density at radius 1 is 1.33 bits per heavy atom. The van der Waals surface area contributed by atoms with E-state index in [-0.39, 0.29) is 5.91 Å². The monoisotopic (exact) mass is 288 g/mol. The van der Waals surface area contributed by atoms with Gasteiger partial charge in [0.05, 0.1) is 17.9 Å². The molecule has 0 spiro atoms. The van der Waals surface area contributed by atoms with Crippen molar-refractivity contribution in [2.75, 3.05) is 25.0 Å². The Bertz CT molecular complexity index is 549. The Morgan fingerprint density at radius 2 is 2.00 bits per heavy atom. The van der Waals surface area contributed by atoms with Crippen molar-refractivity contribution in [2.24, 2.45) is 30.7 Å². The molecule has 3 fully saturated rings. The van der Waals surface area contributed by atoms with Crippen molar-refractivity contribution >= 4 is 11.6 Å². The van der Waals surface area contributed by atoms with Crippen molar-refractivity contribution in [3.05, 3.63) is 11.9 Å². The van der Waals surface area contributed by atoms with E-state index in [4.69, 9.17) is 0 Å². The van der Waals surface area contributed by atoms with Crippen LogP contribution in [0.3, 0.4) is 0 Å². The SMILES string of the molecule is Cc1nn(C)cc1NC(=O)CN1C[C@@H]2[C@@H]3CC[C@@H](C3)[C@@H]2C1. The van der Waals surface area contributed by atoms with Gasteiger partial charge in [0.25, 0.3) is 0 Å². The first kappa shape index (κ1) is 13.3. The van der Waals surface area contributed by atoms with Crippen LogP contribution in [-0.2, 0) is 11.8 Å². The van der Waals surface area contributed by atoms with Gasteiger partial charge in [0.1, 0.15) is 0 Å². The number of amides is 1. The van der Waals surface area contributed by atoms with Crippen LogP contribution in [0.4, 0.5) is 5.69 Å². The molecule has 0 aromatic carbocycles. The van der Waals surface area contributed by atoms with Crippen molar-refractivity contribution < 1.29 is 4.79 Å². The number of carbonyl (C=O) groups excluding carboxylic acids is 1. The first-order valence-corrected chi connectivity index (χ1v) is 8.12. The molecule has 5 nitrogen and oxygen atoms in total. The molecule has 1 aromatic heterocycles. The molecule has 5 heteroatoms. The molecule has 0 radical (unpaired) electrons. The van der Waals surface area contributed by atoms with Gasteiger partial charge in [0, 0.05) is 26.3 Å². The summed E-state index contributed by atoms with van der Waals surface area (Å²) in [5, 5.41) is 7.26. The summed E-state index contributed by atoms with van der Waals surface area (Å²) in [6.07, 6.45) is 6.19. The number of nitrogens with one attached hydrogen (secondary N) is 1. The van der Waals surface area contributed by atoms with Crippen LogP contribution in [0.5, 0.6) is 0 Å². The van der Waals surface area contributed by atoms with Crippen molar-refractivity contribution in [3.63, 3.8) is 0 Å². The fourth-order valence-corrected chi connectivity index (χ4v) is 5.01. The minimum atomic E-state index is 0.0958. The number of fused-ring (bicyclic) bond motifs is 5. The van der Waals surface area contributed by atoms with E-state index in [9.17, 15) is 4.79 Å². The summed E-state index contributed by atoms with van der Waals surface area (Å²) in [7, 11) is 1.88. The third-order valence-electron chi connectivity index (χ3n) is 5.87. The Hall–Kier alpha value is -1.36. The maximum atomic E-state index is 12.2. The second-order valence-corrected chi connectivity index (χ2v) is 7.21. The number of aromatic nitrogens is 2. The third-order valence-corrected chi connectivity index (χ3v) is 5.87. The molecule has 4 rings (SSSR count). The quantitative estimate of drug-likeness (QED) is 0.920. The second kappa shape index (κ2) is 4.83. The minimum absolute atomic E-state index is 0.0958. The predicted molar refractivity (Wildman–Crippen MR) is 80.8 cm³/mol. The van der Waals surface area contributed by atoms with E-state index in [0.29, 0.717) is 6.54 Å². The van der Waals surface area contributed by atoms with E-state index in [1.807, 2.05) is 20.2 Å². The molecule has 114 valence electrons. The Balaban J connectivity index is 1.35. The fourth-order valence-electron chi connectivity index (χ4n) is 5.01. The highest BCUT2D eigenvalue weighted by atomic mass is 16.2. The van der Waals surface area contributed by atoms with E-state index in [2.05, 4.69) is 15.3 Å². The van der Waals surface area contributed by atoms with Gasteiger partial charge in [-0.2, -0.15) is 5.10 Å². The lowest BCUT2D eigenvalue weighted by Crippen LogP contribution is -2.32. The summed E-state index contributed by atoms with van der Waals surface area (Å²) in [4.78, 5) is 14.6. The second-order valence-electron chi connectivity index (χ2n) is 7.21. The average molecular weight is 288 g/mol. The Morgan fingerprint density at radius 3 is 2.57 bits per heavy atom. The third kappa shape index (κ3) is 2.27. The number of aryl methyl sites for hydroxylation is 2. The maximum Gasteiger partial charge on any atom is 0.238 e. The maximum absolute atomic E-state index is 12.2. The summed E-state index contributed by atoms with van der Waals surface area (Å²) in [6.45, 7) is 4.71. The number of carbonyl (C=O) groups is 1. The van der Waals surface area contributed by atoms with Gasteiger partial charge in [-0.15, -0.1) is 0 Å². The lowest BCUT2D eigenvalue weighted by molar-refractivity contribution is -0.117. The Kier molecular flexibility index (Phi) is 3.06. The molecule has 2 saturated carbocycles. The largest absolute Gasteiger partial charge is 0.322 e. The van der Waals surface area contributed by atoms with Gasteiger partial charge < -0.3 is 5.32 Å². The van der Waals surface area contributed by atoms with Crippen LogP contribution in [0.25, 0.3) is 0 Å². The van der Waals surface area contributed by atoms with Crippen molar-refractivity contribution in [1.29, 1.82) is 0 Å². The molecule has 3 aliphatic rings. The number of nitrogens with zero attached hydrogens (tertiary/aromatic N) is 3. The van der Waals surface area contributed by atoms with Crippen LogP contribution >= 0.6 is 0 Å². The normalized spacial score (nSPS) is 34.4. The van der Waals surface area contributed by atoms with Crippen LogP contribution in [0.15, 0.2) is 6.20 Å². The van der Waals surface area contributed by atoms with E-state index in [1.165, 1.54) is 19.3 Å². The van der Waals surface area contributed by atoms with Crippen molar-refractivity contribution in [1.82, 2.24) is 14.7 Å². The highest BCUT2D eigenvalue weighted by Gasteiger charge is 2.51. The van der Waals surface area contributed by atoms with Gasteiger partial charge in [-0.05, 0) is 49.9 Å². The number of rotatable bonds is 3. The highest BCUT2D eigenvalue weighted by Crippen LogP contribution is 2.54. The molecule has 1 aliphatic heterocycles. The van der Waals surface area contributed by atoms with Crippen LogP contribution in [-0.4, -0.2) is 40.2 Å². The van der Waals surface area contributed by atoms with E-state index in [1.54, 1.807) is 4.68 Å². The number of anilines is 1. The molecular weight excluding hydrogens is 264 g/mol. The van der Waals surface area contributed by atoms with Crippen LogP contribution in [0.2, 0.25) is 0 Å². The predicted octanol–water partition coefficient (Wildman–Crippen LogP) is 1.64. The lowest BCUT2D eigenvalue weighted by atomic mass is 9.82. The zero-order valence-electron chi connectivity index (χ0n) is 12.9. The summed E-state index contributed by atoms with van der Waals surface area (Å²) >= 11 is 0. The van der Waals surface area contributed by atoms with Gasteiger partial charge in [-0.3, -0.25) is 14.4 Å². The lowest BCUT2D eigenvalue weighted by Gasteiger charge is -2.22. The minimum Gasteiger partial charge on any atom is -0.322 e. The van der Waals surface area contributed by atoms with E-state index >= 15 is 0 Å². The van der Waals surface area contributed by atoms with E-state index in [0.717, 1.165) is 48.1 Å². The molecule has 2 heterocycles. The molecule has 4 atom stereocenters. The first-order valence-electron chi connectivity index (χ1n) is 8.12. The van der Waals surface area contributed by atoms with Gasteiger partial charge in [-0.1, -0.05) is 0 Å². The standard InChI is InChI=1S/C16H24N4O/c1-10-15(8-19(2)18-10)17-16(21)9-20-6-13-11-3-4-12(5-11)14(13)7-20/h8,11-14H,3-7,9H2,1-2H3,(H,17,21)/t11-,12+,13-,14+. The molecule has 1 saturated heterocycles. The zero-order valence-corrected chi connectivity index (χ0v) is 12.9. The number of likely N-dealkylation sites (tertiary alicyclic amines) is 1. The number of hydrogen-bond acceptors (Lipinski definition) is 3. The smallest absolute Gasteiger partial charge is 0.238 e. The molecule has 1 N–H and O–H groups in total. The first-order chi connectivity index (χ1) is 10.1. The highest BCUT2D eigenvalue weighted by molar-refractivity contribution is 5.92. The molecule has 0 unspecified atom stereocenters. The molecule has 1 aromatic rings. The molecular formula is C16H24N4O. The molecule has 21 heavy (non-hydrogen) atoms. The topological polar surface area (TPSA) is 50.2 Å². The Labute approximate surface area is 125 Å². The summed E-state index contributed by atoms with van der Waals surface area (Å²) in [5.74, 6) is 3.74. The average Bonchev–Trinajstić information content (AvgIpc) is 3.12. The van der Waals surface area contributed by atoms with Crippen molar-refractivity contribution in [2.45, 2.75) is 26.2 Å². The van der Waals surface area contributed by atoms with Gasteiger partial charge in [0.2, 0.25) is 5.91 Å². The molecule has 1 amide bonds. The van der Waals surface area contributed by atoms with Gasteiger partial charge >= 0.3 is 0 Å². The van der Waals surface area contributed by atoms with E-state index < -0.39 is 0 Å². The number of hydrogen-bond donors (Lipinski definition) is 1. The molecule has 2 aliphatic carbocycles.